The molecule has 0 aliphatic carbocycles. The first-order chi connectivity index (χ1) is 7.20. The van der Waals surface area contributed by atoms with E-state index in [1.54, 1.807) is 0 Å². The van der Waals surface area contributed by atoms with E-state index in [4.69, 9.17) is 4.74 Å². The molecule has 0 spiro atoms. The highest BCUT2D eigenvalue weighted by atomic mass is 16.5. The summed E-state index contributed by atoms with van der Waals surface area (Å²) in [5, 5.41) is 0. The molecule has 0 radical (unpaired) electrons. The highest BCUT2D eigenvalue weighted by molar-refractivity contribution is 5.74. The van der Waals surface area contributed by atoms with Crippen LogP contribution in [0.4, 0.5) is 4.79 Å². The summed E-state index contributed by atoms with van der Waals surface area (Å²) in [6.45, 7) is 4.67. The first kappa shape index (κ1) is 10.7. The highest BCUT2D eigenvalue weighted by Gasteiger charge is 2.33. The summed E-state index contributed by atoms with van der Waals surface area (Å²) >= 11 is 0. The van der Waals surface area contributed by atoms with E-state index in [0.717, 1.165) is 39.0 Å². The van der Waals surface area contributed by atoms with Crippen molar-refractivity contribution >= 4 is 6.03 Å². The molecule has 2 atom stereocenters. The lowest BCUT2D eigenvalue weighted by atomic mass is 10.1. The van der Waals surface area contributed by atoms with Crippen molar-refractivity contribution in [3.8, 4) is 0 Å². The molecule has 2 unspecified atom stereocenters. The average molecular weight is 212 g/mol. The van der Waals surface area contributed by atoms with Gasteiger partial charge < -0.3 is 14.5 Å². The van der Waals surface area contributed by atoms with Gasteiger partial charge in [0.25, 0.3) is 0 Å². The lowest BCUT2D eigenvalue weighted by Gasteiger charge is -2.30. The van der Waals surface area contributed by atoms with Gasteiger partial charge in [-0.2, -0.15) is 0 Å². The van der Waals surface area contributed by atoms with Crippen molar-refractivity contribution in [3.05, 3.63) is 0 Å². The van der Waals surface area contributed by atoms with Crippen LogP contribution in [0.5, 0.6) is 0 Å². The van der Waals surface area contributed by atoms with Gasteiger partial charge in [0.2, 0.25) is 0 Å². The molecule has 2 rings (SSSR count). The number of hydrogen-bond donors (Lipinski definition) is 0. The summed E-state index contributed by atoms with van der Waals surface area (Å²) in [6.07, 6.45) is 3.45. The molecule has 86 valence electrons. The van der Waals surface area contributed by atoms with Crippen LogP contribution < -0.4 is 0 Å². The van der Waals surface area contributed by atoms with Crippen LogP contribution in [0.15, 0.2) is 0 Å². The molecule has 0 bridgehead atoms. The van der Waals surface area contributed by atoms with Crippen LogP contribution in [0.2, 0.25) is 0 Å². The van der Waals surface area contributed by atoms with Gasteiger partial charge in [0.15, 0.2) is 0 Å². The van der Waals surface area contributed by atoms with Crippen LogP contribution in [-0.4, -0.2) is 54.7 Å². The zero-order valence-electron chi connectivity index (χ0n) is 9.61. The molecule has 2 aliphatic heterocycles. The molecule has 4 heteroatoms. The van der Waals surface area contributed by atoms with Gasteiger partial charge in [0.05, 0.1) is 12.1 Å². The van der Waals surface area contributed by atoms with E-state index in [1.165, 1.54) is 0 Å². The Hall–Kier alpha value is -0.770. The fourth-order valence-corrected chi connectivity index (χ4v) is 2.50. The van der Waals surface area contributed by atoms with E-state index < -0.39 is 0 Å². The van der Waals surface area contributed by atoms with Crippen LogP contribution in [0.25, 0.3) is 0 Å². The Balaban J connectivity index is 1.94. The first-order valence-corrected chi connectivity index (χ1v) is 5.83. The number of amides is 2. The molecule has 2 amide bonds. The summed E-state index contributed by atoms with van der Waals surface area (Å²) < 4.78 is 5.49. The second-order valence-corrected chi connectivity index (χ2v) is 4.52. The number of ether oxygens (including phenoxy) is 1. The van der Waals surface area contributed by atoms with E-state index in [0.29, 0.717) is 0 Å². The van der Waals surface area contributed by atoms with Gasteiger partial charge in [0, 0.05) is 26.7 Å². The molecular formula is C11H20N2O2. The van der Waals surface area contributed by atoms with Crippen molar-refractivity contribution in [2.24, 2.45) is 0 Å². The molecule has 0 aromatic rings. The Morgan fingerprint density at radius 3 is 2.60 bits per heavy atom. The van der Waals surface area contributed by atoms with Gasteiger partial charge in [-0.3, -0.25) is 0 Å². The zero-order valence-corrected chi connectivity index (χ0v) is 9.61. The molecule has 2 saturated heterocycles. The maximum absolute atomic E-state index is 12.1. The third-order valence-corrected chi connectivity index (χ3v) is 3.51. The minimum absolute atomic E-state index is 0.176. The van der Waals surface area contributed by atoms with Crippen LogP contribution in [0.1, 0.15) is 26.2 Å². The Bertz CT molecular complexity index is 239. The topological polar surface area (TPSA) is 32.8 Å². The Kier molecular flexibility index (Phi) is 3.14. The predicted octanol–water partition coefficient (Wildman–Crippen LogP) is 1.31. The number of likely N-dealkylation sites (tertiary alicyclic amines) is 1. The summed E-state index contributed by atoms with van der Waals surface area (Å²) in [5.74, 6) is 0. The van der Waals surface area contributed by atoms with Gasteiger partial charge in [0.1, 0.15) is 0 Å². The number of carbonyl (C=O) groups is 1. The molecule has 0 aromatic carbocycles. The lowest BCUT2D eigenvalue weighted by Crippen LogP contribution is -2.47. The van der Waals surface area contributed by atoms with Crippen molar-refractivity contribution in [1.82, 2.24) is 9.80 Å². The monoisotopic (exact) mass is 212 g/mol. The molecule has 2 heterocycles. The molecule has 0 saturated carbocycles. The lowest BCUT2D eigenvalue weighted by molar-refractivity contribution is 0.0840. The maximum atomic E-state index is 12.1. The van der Waals surface area contributed by atoms with Crippen LogP contribution in [-0.2, 0) is 4.74 Å². The highest BCUT2D eigenvalue weighted by Crippen LogP contribution is 2.20. The number of likely N-dealkylation sites (N-methyl/N-ethyl adjacent to an activating group) is 1. The largest absolute Gasteiger partial charge is 0.376 e. The number of urea groups is 1. The molecule has 0 N–H and O–H groups in total. The van der Waals surface area contributed by atoms with Crippen molar-refractivity contribution in [2.75, 3.05) is 26.7 Å². The standard InChI is InChI=1S/C11H20N2O2/c1-9-10(5-8-15-9)12(2)11(14)13-6-3-4-7-13/h9-10H,3-8H2,1-2H3. The third kappa shape index (κ3) is 2.09. The molecule has 2 fully saturated rings. The molecule has 2 aliphatic rings. The van der Waals surface area contributed by atoms with Gasteiger partial charge in [-0.15, -0.1) is 0 Å². The number of hydrogen-bond acceptors (Lipinski definition) is 2. The normalized spacial score (nSPS) is 30.9. The van der Waals surface area contributed by atoms with E-state index in [-0.39, 0.29) is 18.2 Å². The number of nitrogens with zero attached hydrogens (tertiary/aromatic N) is 2. The average Bonchev–Trinajstić information content (AvgIpc) is 2.85. The van der Waals surface area contributed by atoms with E-state index in [1.807, 2.05) is 23.8 Å². The summed E-state index contributed by atoms with van der Waals surface area (Å²) in [7, 11) is 1.90. The summed E-state index contributed by atoms with van der Waals surface area (Å²) in [5.41, 5.74) is 0. The molecular weight excluding hydrogens is 192 g/mol. The smallest absolute Gasteiger partial charge is 0.320 e. The predicted molar refractivity (Wildman–Crippen MR) is 57.8 cm³/mol. The second kappa shape index (κ2) is 4.39. The molecule has 0 aromatic heterocycles. The van der Waals surface area contributed by atoms with Crippen molar-refractivity contribution in [2.45, 2.75) is 38.3 Å². The van der Waals surface area contributed by atoms with Crippen molar-refractivity contribution < 1.29 is 9.53 Å². The molecule has 4 nitrogen and oxygen atoms in total. The van der Waals surface area contributed by atoms with Crippen molar-refractivity contribution in [3.63, 3.8) is 0 Å². The van der Waals surface area contributed by atoms with Crippen molar-refractivity contribution in [1.29, 1.82) is 0 Å². The van der Waals surface area contributed by atoms with Gasteiger partial charge in [-0.25, -0.2) is 4.79 Å². The van der Waals surface area contributed by atoms with Gasteiger partial charge in [-0.1, -0.05) is 0 Å². The molecule has 15 heavy (non-hydrogen) atoms. The fraction of sp³-hybridized carbons (Fsp3) is 0.909. The number of rotatable bonds is 1. The Morgan fingerprint density at radius 1 is 1.40 bits per heavy atom. The van der Waals surface area contributed by atoms with Gasteiger partial charge >= 0.3 is 6.03 Å². The maximum Gasteiger partial charge on any atom is 0.320 e. The minimum Gasteiger partial charge on any atom is -0.376 e. The van der Waals surface area contributed by atoms with E-state index >= 15 is 0 Å². The summed E-state index contributed by atoms with van der Waals surface area (Å²) in [6, 6.07) is 0.438. The number of carbonyl (C=O) groups excluding carboxylic acids is 1. The quantitative estimate of drug-likeness (QED) is 0.656. The Labute approximate surface area is 91.2 Å². The van der Waals surface area contributed by atoms with E-state index in [9.17, 15) is 4.79 Å². The third-order valence-electron chi connectivity index (χ3n) is 3.51. The van der Waals surface area contributed by atoms with E-state index in [2.05, 4.69) is 0 Å². The first-order valence-electron chi connectivity index (χ1n) is 5.83. The van der Waals surface area contributed by atoms with Crippen LogP contribution in [0, 0.1) is 0 Å². The zero-order chi connectivity index (χ0) is 10.8. The second-order valence-electron chi connectivity index (χ2n) is 4.52. The minimum atomic E-state index is 0.176. The fourth-order valence-electron chi connectivity index (χ4n) is 2.50. The SMILES string of the molecule is CC1OCCC1N(C)C(=O)N1CCCC1. The van der Waals surface area contributed by atoms with Crippen LogP contribution >= 0.6 is 0 Å². The van der Waals surface area contributed by atoms with Gasteiger partial charge in [-0.05, 0) is 26.2 Å². The summed E-state index contributed by atoms with van der Waals surface area (Å²) in [4.78, 5) is 15.9. The Morgan fingerprint density at radius 2 is 2.07 bits per heavy atom. The van der Waals surface area contributed by atoms with Crippen LogP contribution in [0.3, 0.4) is 0 Å².